The second-order valence-electron chi connectivity index (χ2n) is 1.67. The van der Waals surface area contributed by atoms with Crippen LogP contribution in [0.5, 0.6) is 0 Å². The van der Waals surface area contributed by atoms with Crippen LogP contribution in [-0.2, 0) is 11.3 Å². The molecule has 2 N–H and O–H groups in total. The summed E-state index contributed by atoms with van der Waals surface area (Å²) < 4.78 is 1.47. The van der Waals surface area contributed by atoms with Gasteiger partial charge in [0, 0.05) is 12.4 Å². The van der Waals surface area contributed by atoms with Crippen LogP contribution in [0.1, 0.15) is 0 Å². The first kappa shape index (κ1) is 8.97. The van der Waals surface area contributed by atoms with Crippen molar-refractivity contribution in [2.45, 2.75) is 6.54 Å². The lowest BCUT2D eigenvalue weighted by molar-refractivity contribution is -0.118. The molecule has 0 atom stereocenters. The van der Waals surface area contributed by atoms with Gasteiger partial charge in [-0.2, -0.15) is 5.10 Å². The topological polar surface area (TPSA) is 60.9 Å². The second kappa shape index (κ2) is 3.90. The van der Waals surface area contributed by atoms with Gasteiger partial charge in [0.1, 0.15) is 6.54 Å². The van der Waals surface area contributed by atoms with E-state index in [2.05, 4.69) is 5.10 Å². The highest BCUT2D eigenvalue weighted by atomic mass is 35.5. The van der Waals surface area contributed by atoms with Gasteiger partial charge in [-0.3, -0.25) is 9.48 Å². The third kappa shape index (κ3) is 2.50. The zero-order valence-electron chi connectivity index (χ0n) is 5.23. The summed E-state index contributed by atoms with van der Waals surface area (Å²) in [4.78, 5) is 10.2. The molecule has 1 heterocycles. The predicted molar refractivity (Wildman–Crippen MR) is 38.7 cm³/mol. The molecule has 0 bridgehead atoms. The molecule has 0 aliphatic carbocycles. The second-order valence-corrected chi connectivity index (χ2v) is 1.67. The average Bonchev–Trinajstić information content (AvgIpc) is 2.15. The van der Waals surface area contributed by atoms with Gasteiger partial charge in [-0.1, -0.05) is 0 Å². The van der Waals surface area contributed by atoms with E-state index in [0.29, 0.717) is 0 Å². The van der Waals surface area contributed by atoms with Gasteiger partial charge in [0.2, 0.25) is 5.91 Å². The van der Waals surface area contributed by atoms with Gasteiger partial charge in [-0.15, -0.1) is 12.4 Å². The molecule has 5 heteroatoms. The van der Waals surface area contributed by atoms with E-state index in [1.165, 1.54) is 4.68 Å². The van der Waals surface area contributed by atoms with Crippen molar-refractivity contribution in [2.75, 3.05) is 0 Å². The SMILES string of the molecule is Cl.NC(=O)Cn1cccn1. The highest BCUT2D eigenvalue weighted by Crippen LogP contribution is 1.81. The summed E-state index contributed by atoms with van der Waals surface area (Å²) in [5.41, 5.74) is 4.88. The number of nitrogens with two attached hydrogens (primary N) is 1. The van der Waals surface area contributed by atoms with E-state index >= 15 is 0 Å². The van der Waals surface area contributed by atoms with Gasteiger partial charge in [-0.05, 0) is 6.07 Å². The van der Waals surface area contributed by atoms with E-state index in [4.69, 9.17) is 5.73 Å². The molecular weight excluding hydrogens is 154 g/mol. The molecule has 4 nitrogen and oxygen atoms in total. The maximum absolute atomic E-state index is 10.2. The van der Waals surface area contributed by atoms with E-state index in [1.54, 1.807) is 18.5 Å². The molecular formula is C5H8ClN3O. The van der Waals surface area contributed by atoms with Crippen molar-refractivity contribution in [3.05, 3.63) is 18.5 Å². The van der Waals surface area contributed by atoms with Crippen LogP contribution in [0.25, 0.3) is 0 Å². The van der Waals surface area contributed by atoms with E-state index in [0.717, 1.165) is 0 Å². The third-order valence-electron chi connectivity index (χ3n) is 0.877. The largest absolute Gasteiger partial charge is 0.368 e. The van der Waals surface area contributed by atoms with E-state index < -0.39 is 0 Å². The summed E-state index contributed by atoms with van der Waals surface area (Å²) in [5, 5.41) is 3.77. The van der Waals surface area contributed by atoms with Gasteiger partial charge in [0.25, 0.3) is 0 Å². The van der Waals surface area contributed by atoms with Gasteiger partial charge >= 0.3 is 0 Å². The fraction of sp³-hybridized carbons (Fsp3) is 0.200. The molecule has 10 heavy (non-hydrogen) atoms. The van der Waals surface area contributed by atoms with Crippen LogP contribution in [-0.4, -0.2) is 15.7 Å². The smallest absolute Gasteiger partial charge is 0.239 e. The Hall–Kier alpha value is -1.03. The lowest BCUT2D eigenvalue weighted by atomic mass is 10.6. The average molecular weight is 162 g/mol. The van der Waals surface area contributed by atoms with Gasteiger partial charge in [0.05, 0.1) is 0 Å². The first-order valence-electron chi connectivity index (χ1n) is 2.55. The van der Waals surface area contributed by atoms with Crippen molar-refractivity contribution >= 4 is 18.3 Å². The normalized spacial score (nSPS) is 8.40. The summed E-state index contributed by atoms with van der Waals surface area (Å²) in [6, 6.07) is 1.74. The molecule has 56 valence electrons. The first-order chi connectivity index (χ1) is 4.29. The number of halogens is 1. The van der Waals surface area contributed by atoms with Gasteiger partial charge in [-0.25, -0.2) is 0 Å². The van der Waals surface area contributed by atoms with Gasteiger partial charge in [0.15, 0.2) is 0 Å². The van der Waals surface area contributed by atoms with Crippen molar-refractivity contribution in [2.24, 2.45) is 5.73 Å². The minimum atomic E-state index is -0.376. The number of rotatable bonds is 2. The first-order valence-corrected chi connectivity index (χ1v) is 2.55. The Kier molecular flexibility index (Phi) is 3.49. The minimum Gasteiger partial charge on any atom is -0.368 e. The monoisotopic (exact) mass is 161 g/mol. The fourth-order valence-corrected chi connectivity index (χ4v) is 0.554. The van der Waals surface area contributed by atoms with Crippen LogP contribution in [0.3, 0.4) is 0 Å². The zero-order valence-corrected chi connectivity index (χ0v) is 6.04. The maximum atomic E-state index is 10.2. The molecule has 0 saturated heterocycles. The predicted octanol–water partition coefficient (Wildman–Crippen LogP) is -0.210. The maximum Gasteiger partial charge on any atom is 0.239 e. The Morgan fingerprint density at radius 2 is 2.40 bits per heavy atom. The number of primary amides is 1. The number of carbonyl (C=O) groups is 1. The molecule has 0 radical (unpaired) electrons. The highest BCUT2D eigenvalue weighted by Gasteiger charge is 1.93. The highest BCUT2D eigenvalue weighted by molar-refractivity contribution is 5.85. The van der Waals surface area contributed by atoms with Crippen LogP contribution in [0, 0.1) is 0 Å². The number of carbonyl (C=O) groups excluding carboxylic acids is 1. The molecule has 0 fully saturated rings. The van der Waals surface area contributed by atoms with E-state index in [1.807, 2.05) is 0 Å². The number of amides is 1. The molecule has 0 aromatic carbocycles. The molecule has 0 spiro atoms. The summed E-state index contributed by atoms with van der Waals surface area (Å²) in [5.74, 6) is -0.376. The van der Waals surface area contributed by atoms with E-state index in [-0.39, 0.29) is 24.9 Å². The molecule has 1 amide bonds. The summed E-state index contributed by atoms with van der Waals surface area (Å²) in [6.45, 7) is 0.160. The number of nitrogens with zero attached hydrogens (tertiary/aromatic N) is 2. The Balaban J connectivity index is 0.000000810. The lowest BCUT2D eigenvalue weighted by Crippen LogP contribution is -2.18. The Morgan fingerprint density at radius 3 is 2.80 bits per heavy atom. The van der Waals surface area contributed by atoms with Crippen LogP contribution in [0.4, 0.5) is 0 Å². The molecule has 0 aliphatic rings. The lowest BCUT2D eigenvalue weighted by Gasteiger charge is -1.92. The summed E-state index contributed by atoms with van der Waals surface area (Å²) in [6.07, 6.45) is 3.29. The summed E-state index contributed by atoms with van der Waals surface area (Å²) >= 11 is 0. The zero-order chi connectivity index (χ0) is 6.69. The van der Waals surface area contributed by atoms with Crippen LogP contribution in [0.15, 0.2) is 18.5 Å². The third-order valence-corrected chi connectivity index (χ3v) is 0.877. The number of hydrogen-bond acceptors (Lipinski definition) is 2. The van der Waals surface area contributed by atoms with E-state index in [9.17, 15) is 4.79 Å². The van der Waals surface area contributed by atoms with Crippen molar-refractivity contribution in [1.29, 1.82) is 0 Å². The quantitative estimate of drug-likeness (QED) is 0.653. The molecule has 0 unspecified atom stereocenters. The number of aromatic nitrogens is 2. The Labute approximate surface area is 64.4 Å². The van der Waals surface area contributed by atoms with Crippen molar-refractivity contribution in [1.82, 2.24) is 9.78 Å². The fourth-order valence-electron chi connectivity index (χ4n) is 0.554. The molecule has 1 aromatic heterocycles. The van der Waals surface area contributed by atoms with Crippen LogP contribution < -0.4 is 5.73 Å². The molecule has 0 aliphatic heterocycles. The van der Waals surface area contributed by atoms with Gasteiger partial charge < -0.3 is 5.73 Å². The van der Waals surface area contributed by atoms with Crippen molar-refractivity contribution in [3.8, 4) is 0 Å². The Morgan fingerprint density at radius 1 is 1.70 bits per heavy atom. The van der Waals surface area contributed by atoms with Crippen molar-refractivity contribution in [3.63, 3.8) is 0 Å². The standard InChI is InChI=1S/C5H7N3O.ClH/c6-5(9)4-8-3-1-2-7-8;/h1-3H,4H2,(H2,6,9);1H. The van der Waals surface area contributed by atoms with Crippen LogP contribution in [0.2, 0.25) is 0 Å². The molecule has 1 rings (SSSR count). The Bertz CT molecular complexity index is 197. The van der Waals surface area contributed by atoms with Crippen LogP contribution >= 0.6 is 12.4 Å². The summed E-state index contributed by atoms with van der Waals surface area (Å²) in [7, 11) is 0. The molecule has 1 aromatic rings. The molecule has 0 saturated carbocycles. The van der Waals surface area contributed by atoms with Crippen molar-refractivity contribution < 1.29 is 4.79 Å². The number of hydrogen-bond donors (Lipinski definition) is 1. The minimum absolute atomic E-state index is 0.